The zero-order chi connectivity index (χ0) is 27.3. The van der Waals surface area contributed by atoms with Gasteiger partial charge in [-0.25, -0.2) is 0 Å². The van der Waals surface area contributed by atoms with Crippen molar-refractivity contribution < 1.29 is 4.42 Å². The number of benzene rings is 6. The van der Waals surface area contributed by atoms with Gasteiger partial charge in [-0.1, -0.05) is 98.8 Å². The molecular weight excluding hydrogens is 498 g/mol. The molecule has 0 spiro atoms. The third kappa shape index (κ3) is 3.02. The minimum Gasteiger partial charge on any atom is -0.455 e. The number of para-hydroxylation sites is 2. The van der Waals surface area contributed by atoms with Gasteiger partial charge in [0.15, 0.2) is 0 Å². The van der Waals surface area contributed by atoms with E-state index >= 15 is 0 Å². The van der Waals surface area contributed by atoms with E-state index in [1.54, 1.807) is 0 Å². The Morgan fingerprint density at radius 2 is 1.24 bits per heavy atom. The standard InChI is InChI=1S/C39H27NO/c1-39(2)32-12-6-3-9-27(32)28-20-17-25(23-33(28)39)24-15-18-26(19-16-24)40-34-13-7-4-11-31(34)37-35(40)22-21-30-29-10-5-8-14-36(29)41-38(30)37/h3-23H,1-2H3. The summed E-state index contributed by atoms with van der Waals surface area (Å²) in [6, 6.07) is 46.2. The van der Waals surface area contributed by atoms with Crippen molar-refractivity contribution in [3.05, 3.63) is 139 Å². The summed E-state index contributed by atoms with van der Waals surface area (Å²) >= 11 is 0. The van der Waals surface area contributed by atoms with Gasteiger partial charge in [-0.2, -0.15) is 0 Å². The van der Waals surface area contributed by atoms with Gasteiger partial charge < -0.3 is 8.98 Å². The van der Waals surface area contributed by atoms with E-state index in [-0.39, 0.29) is 5.41 Å². The molecule has 194 valence electrons. The van der Waals surface area contributed by atoms with Crippen LogP contribution >= 0.6 is 0 Å². The van der Waals surface area contributed by atoms with Crippen molar-refractivity contribution >= 4 is 43.7 Å². The van der Waals surface area contributed by atoms with E-state index in [4.69, 9.17) is 4.42 Å². The summed E-state index contributed by atoms with van der Waals surface area (Å²) in [5.74, 6) is 0. The van der Waals surface area contributed by atoms with Gasteiger partial charge in [0.25, 0.3) is 0 Å². The van der Waals surface area contributed by atoms with Gasteiger partial charge in [-0.15, -0.1) is 0 Å². The summed E-state index contributed by atoms with van der Waals surface area (Å²) in [7, 11) is 0. The number of nitrogens with zero attached hydrogens (tertiary/aromatic N) is 1. The van der Waals surface area contributed by atoms with Gasteiger partial charge in [0.1, 0.15) is 11.2 Å². The molecule has 0 aliphatic heterocycles. The smallest absolute Gasteiger partial charge is 0.145 e. The number of rotatable bonds is 2. The average molecular weight is 526 g/mol. The predicted octanol–water partition coefficient (Wildman–Crippen LogP) is 10.7. The maximum Gasteiger partial charge on any atom is 0.145 e. The summed E-state index contributed by atoms with van der Waals surface area (Å²) in [6.07, 6.45) is 0. The highest BCUT2D eigenvalue weighted by Crippen LogP contribution is 2.49. The Hall–Kier alpha value is -5.08. The normalized spacial score (nSPS) is 13.8. The van der Waals surface area contributed by atoms with Crippen molar-refractivity contribution in [1.29, 1.82) is 0 Å². The molecule has 1 aliphatic carbocycles. The van der Waals surface area contributed by atoms with Crippen LogP contribution < -0.4 is 0 Å². The van der Waals surface area contributed by atoms with E-state index in [0.29, 0.717) is 0 Å². The van der Waals surface area contributed by atoms with Gasteiger partial charge in [0.05, 0.1) is 16.4 Å². The molecule has 0 fully saturated rings. The fraction of sp³-hybridized carbons (Fsp3) is 0.0769. The molecule has 0 radical (unpaired) electrons. The zero-order valence-corrected chi connectivity index (χ0v) is 23.0. The highest BCUT2D eigenvalue weighted by Gasteiger charge is 2.35. The Bertz CT molecular complexity index is 2330. The third-order valence-corrected chi connectivity index (χ3v) is 9.22. The van der Waals surface area contributed by atoms with E-state index in [1.165, 1.54) is 49.7 Å². The van der Waals surface area contributed by atoms with E-state index in [9.17, 15) is 0 Å². The van der Waals surface area contributed by atoms with Crippen LogP contribution in [0.2, 0.25) is 0 Å². The molecule has 2 nitrogen and oxygen atoms in total. The minimum atomic E-state index is -0.00710. The SMILES string of the molecule is CC1(C)c2ccccc2-c2ccc(-c3ccc(-n4c5ccccc5c5c6oc7ccccc7c6ccc54)cc3)cc21. The van der Waals surface area contributed by atoms with Crippen LogP contribution in [0.1, 0.15) is 25.0 Å². The van der Waals surface area contributed by atoms with Crippen molar-refractivity contribution in [3.63, 3.8) is 0 Å². The zero-order valence-electron chi connectivity index (χ0n) is 23.0. The largest absolute Gasteiger partial charge is 0.455 e. The van der Waals surface area contributed by atoms with Crippen LogP contribution in [0.4, 0.5) is 0 Å². The molecule has 0 bridgehead atoms. The third-order valence-electron chi connectivity index (χ3n) is 9.22. The number of hydrogen-bond acceptors (Lipinski definition) is 1. The Morgan fingerprint density at radius 3 is 2.12 bits per heavy atom. The summed E-state index contributed by atoms with van der Waals surface area (Å²) in [4.78, 5) is 0. The van der Waals surface area contributed by atoms with Gasteiger partial charge in [0, 0.05) is 27.3 Å². The Balaban J connectivity index is 1.20. The van der Waals surface area contributed by atoms with Crippen LogP contribution in [0.25, 0.3) is 71.7 Å². The second-order valence-electron chi connectivity index (χ2n) is 11.8. The first kappa shape index (κ1) is 22.7. The molecule has 2 heteroatoms. The maximum absolute atomic E-state index is 6.46. The van der Waals surface area contributed by atoms with Crippen molar-refractivity contribution in [2.75, 3.05) is 0 Å². The first-order valence-electron chi connectivity index (χ1n) is 14.3. The molecule has 9 rings (SSSR count). The lowest BCUT2D eigenvalue weighted by Crippen LogP contribution is -2.14. The molecule has 0 atom stereocenters. The number of aromatic nitrogens is 1. The van der Waals surface area contributed by atoms with Crippen LogP contribution in [0.5, 0.6) is 0 Å². The van der Waals surface area contributed by atoms with E-state index in [0.717, 1.165) is 33.1 Å². The molecule has 0 saturated carbocycles. The molecule has 0 unspecified atom stereocenters. The Labute approximate surface area is 238 Å². The van der Waals surface area contributed by atoms with Crippen molar-refractivity contribution in [2.45, 2.75) is 19.3 Å². The monoisotopic (exact) mass is 525 g/mol. The topological polar surface area (TPSA) is 18.1 Å². The first-order chi connectivity index (χ1) is 20.1. The lowest BCUT2D eigenvalue weighted by Gasteiger charge is -2.22. The molecule has 2 aromatic heterocycles. The molecule has 0 saturated heterocycles. The summed E-state index contributed by atoms with van der Waals surface area (Å²) < 4.78 is 8.83. The van der Waals surface area contributed by atoms with Crippen LogP contribution in [0.3, 0.4) is 0 Å². The van der Waals surface area contributed by atoms with Gasteiger partial charge in [-0.3, -0.25) is 0 Å². The summed E-state index contributed by atoms with van der Waals surface area (Å²) in [5.41, 5.74) is 13.4. The number of furan rings is 1. The van der Waals surface area contributed by atoms with E-state index in [1.807, 2.05) is 6.07 Å². The van der Waals surface area contributed by atoms with Crippen LogP contribution in [-0.4, -0.2) is 4.57 Å². The van der Waals surface area contributed by atoms with Crippen molar-refractivity contribution in [1.82, 2.24) is 4.57 Å². The molecule has 1 aliphatic rings. The van der Waals surface area contributed by atoms with Crippen LogP contribution in [0.15, 0.2) is 132 Å². The van der Waals surface area contributed by atoms with Crippen LogP contribution in [-0.2, 0) is 5.41 Å². The summed E-state index contributed by atoms with van der Waals surface area (Å²) in [6.45, 7) is 4.68. The highest BCUT2D eigenvalue weighted by atomic mass is 16.3. The maximum atomic E-state index is 6.46. The molecule has 41 heavy (non-hydrogen) atoms. The average Bonchev–Trinajstić information content (AvgIpc) is 3.63. The van der Waals surface area contributed by atoms with Crippen LogP contribution in [0, 0.1) is 0 Å². The Kier molecular flexibility index (Phi) is 4.42. The minimum absolute atomic E-state index is 0.00710. The second-order valence-corrected chi connectivity index (χ2v) is 11.8. The van der Waals surface area contributed by atoms with E-state index in [2.05, 4.69) is 140 Å². The second kappa shape index (κ2) is 7.99. The molecule has 0 N–H and O–H groups in total. The fourth-order valence-corrected chi connectivity index (χ4v) is 7.20. The van der Waals surface area contributed by atoms with E-state index < -0.39 is 0 Å². The number of hydrogen-bond donors (Lipinski definition) is 0. The molecule has 2 heterocycles. The summed E-state index contributed by atoms with van der Waals surface area (Å²) in [5, 5.41) is 4.69. The quantitative estimate of drug-likeness (QED) is 0.219. The van der Waals surface area contributed by atoms with Gasteiger partial charge in [-0.05, 0) is 75.8 Å². The molecule has 6 aromatic carbocycles. The first-order valence-corrected chi connectivity index (χ1v) is 14.3. The lowest BCUT2D eigenvalue weighted by atomic mass is 9.81. The predicted molar refractivity (Wildman–Crippen MR) is 171 cm³/mol. The Morgan fingerprint density at radius 1 is 0.537 bits per heavy atom. The van der Waals surface area contributed by atoms with Crippen molar-refractivity contribution in [3.8, 4) is 27.9 Å². The van der Waals surface area contributed by atoms with Crippen molar-refractivity contribution in [2.24, 2.45) is 0 Å². The molecule has 0 amide bonds. The molecule has 8 aromatic rings. The van der Waals surface area contributed by atoms with Gasteiger partial charge in [0.2, 0.25) is 0 Å². The lowest BCUT2D eigenvalue weighted by molar-refractivity contribution is 0.660. The highest BCUT2D eigenvalue weighted by molar-refractivity contribution is 6.23. The number of fused-ring (bicyclic) bond motifs is 10. The molecular formula is C39H27NO. The fourth-order valence-electron chi connectivity index (χ4n) is 7.20. The van der Waals surface area contributed by atoms with Gasteiger partial charge >= 0.3 is 0 Å².